The first-order valence-electron chi connectivity index (χ1n) is 5.50. The van der Waals surface area contributed by atoms with Crippen molar-refractivity contribution in [3.8, 4) is 0 Å². The number of rotatable bonds is 3. The Hall–Kier alpha value is -0.810. The predicted molar refractivity (Wildman–Crippen MR) is 83.4 cm³/mol. The summed E-state index contributed by atoms with van der Waals surface area (Å²) in [5.74, 6) is 1.42. The van der Waals surface area contributed by atoms with E-state index in [9.17, 15) is 0 Å². The van der Waals surface area contributed by atoms with Gasteiger partial charge in [0.05, 0.1) is 5.75 Å². The number of hydrogen-bond acceptors (Lipinski definition) is 4. The maximum Gasteiger partial charge on any atom is 0.142 e. The Kier molecular flexibility index (Phi) is 3.93. The maximum absolute atomic E-state index is 6.14. The molecule has 3 aromatic rings. The van der Waals surface area contributed by atoms with Gasteiger partial charge in [-0.1, -0.05) is 29.3 Å². The predicted octanol–water partition coefficient (Wildman–Crippen LogP) is 5.29. The zero-order valence-electron chi connectivity index (χ0n) is 9.64. The molecule has 0 aliphatic rings. The molecule has 0 atom stereocenters. The average molecular weight is 327 g/mol. The summed E-state index contributed by atoms with van der Waals surface area (Å²) in [5.41, 5.74) is 0. The standard InChI is InChI=1S/C13H8Cl2N2S2/c14-8-2-1-3-9(6-8)19-7-11-16-12(15)10-4-5-18-13(10)17-11/h1-6H,7H2. The minimum atomic E-state index is 0.521. The van der Waals surface area contributed by atoms with Crippen molar-refractivity contribution in [1.29, 1.82) is 0 Å². The van der Waals surface area contributed by atoms with Gasteiger partial charge in [0.15, 0.2) is 0 Å². The van der Waals surface area contributed by atoms with Gasteiger partial charge in [-0.2, -0.15) is 0 Å². The average Bonchev–Trinajstić information content (AvgIpc) is 2.85. The highest BCUT2D eigenvalue weighted by molar-refractivity contribution is 7.98. The molecule has 0 saturated carbocycles. The van der Waals surface area contributed by atoms with Crippen LogP contribution in [0.2, 0.25) is 10.2 Å². The normalized spacial score (nSPS) is 11.1. The SMILES string of the molecule is Clc1cccc(SCc2nc(Cl)c3ccsc3n2)c1. The van der Waals surface area contributed by atoms with Gasteiger partial charge in [-0.25, -0.2) is 9.97 Å². The third kappa shape index (κ3) is 3.03. The van der Waals surface area contributed by atoms with Crippen LogP contribution in [0.25, 0.3) is 10.2 Å². The van der Waals surface area contributed by atoms with Gasteiger partial charge in [0.1, 0.15) is 15.8 Å². The van der Waals surface area contributed by atoms with Crippen LogP contribution in [0, 0.1) is 0 Å². The Morgan fingerprint density at radius 1 is 1.16 bits per heavy atom. The molecule has 2 nitrogen and oxygen atoms in total. The number of thiophene rings is 1. The molecule has 0 N–H and O–H groups in total. The monoisotopic (exact) mass is 326 g/mol. The number of benzene rings is 1. The van der Waals surface area contributed by atoms with E-state index in [0.717, 1.165) is 26.0 Å². The van der Waals surface area contributed by atoms with Crippen LogP contribution in [0.1, 0.15) is 5.82 Å². The van der Waals surface area contributed by atoms with Gasteiger partial charge in [0, 0.05) is 15.3 Å². The maximum atomic E-state index is 6.14. The van der Waals surface area contributed by atoms with E-state index in [1.54, 1.807) is 23.1 Å². The lowest BCUT2D eigenvalue weighted by Crippen LogP contribution is -1.92. The molecule has 3 rings (SSSR count). The lowest BCUT2D eigenvalue weighted by Gasteiger charge is -2.02. The van der Waals surface area contributed by atoms with Gasteiger partial charge in [0.2, 0.25) is 0 Å². The van der Waals surface area contributed by atoms with Gasteiger partial charge >= 0.3 is 0 Å². The van der Waals surface area contributed by atoms with Crippen molar-refractivity contribution in [3.63, 3.8) is 0 Å². The molecular formula is C13H8Cl2N2S2. The number of halogens is 2. The zero-order valence-corrected chi connectivity index (χ0v) is 12.8. The Labute approximate surface area is 128 Å². The van der Waals surface area contributed by atoms with E-state index in [4.69, 9.17) is 23.2 Å². The van der Waals surface area contributed by atoms with E-state index < -0.39 is 0 Å². The highest BCUT2D eigenvalue weighted by Crippen LogP contribution is 2.28. The molecule has 6 heteroatoms. The number of fused-ring (bicyclic) bond motifs is 1. The van der Waals surface area contributed by atoms with Crippen LogP contribution >= 0.6 is 46.3 Å². The highest BCUT2D eigenvalue weighted by Gasteiger charge is 2.07. The van der Waals surface area contributed by atoms with E-state index >= 15 is 0 Å². The molecule has 1 aromatic carbocycles. The summed E-state index contributed by atoms with van der Waals surface area (Å²) < 4.78 is 0. The van der Waals surface area contributed by atoms with Crippen molar-refractivity contribution < 1.29 is 0 Å². The van der Waals surface area contributed by atoms with Gasteiger partial charge in [-0.05, 0) is 29.6 Å². The second kappa shape index (κ2) is 5.67. The first-order chi connectivity index (χ1) is 9.22. The van der Waals surface area contributed by atoms with Crippen molar-refractivity contribution in [1.82, 2.24) is 9.97 Å². The third-order valence-corrected chi connectivity index (χ3v) is 4.81. The summed E-state index contributed by atoms with van der Waals surface area (Å²) in [6.07, 6.45) is 0. The second-order valence-electron chi connectivity index (χ2n) is 3.82. The highest BCUT2D eigenvalue weighted by atomic mass is 35.5. The van der Waals surface area contributed by atoms with E-state index in [2.05, 4.69) is 9.97 Å². The smallest absolute Gasteiger partial charge is 0.142 e. The number of thioether (sulfide) groups is 1. The molecular weight excluding hydrogens is 319 g/mol. The first kappa shape index (κ1) is 13.2. The fourth-order valence-corrected chi connectivity index (χ4v) is 3.78. The van der Waals surface area contributed by atoms with Gasteiger partial charge in [-0.3, -0.25) is 0 Å². The molecule has 96 valence electrons. The minimum absolute atomic E-state index is 0.521. The van der Waals surface area contributed by atoms with Gasteiger partial charge in [-0.15, -0.1) is 23.1 Å². The molecule has 0 radical (unpaired) electrons. The number of hydrogen-bond donors (Lipinski definition) is 0. The second-order valence-corrected chi connectivity index (χ2v) is 6.55. The van der Waals surface area contributed by atoms with Crippen LogP contribution in [0.15, 0.2) is 40.6 Å². The summed E-state index contributed by atoms with van der Waals surface area (Å²) >= 11 is 15.3. The fraction of sp³-hybridized carbons (Fsp3) is 0.0769. The summed E-state index contributed by atoms with van der Waals surface area (Å²) in [6.45, 7) is 0. The Morgan fingerprint density at radius 2 is 2.05 bits per heavy atom. The Bertz CT molecular complexity index is 727. The largest absolute Gasteiger partial charge is 0.221 e. The molecule has 2 heterocycles. The third-order valence-electron chi connectivity index (χ3n) is 2.49. The fourth-order valence-electron chi connectivity index (χ4n) is 1.63. The summed E-state index contributed by atoms with van der Waals surface area (Å²) in [6, 6.07) is 9.67. The summed E-state index contributed by atoms with van der Waals surface area (Å²) in [5, 5.41) is 4.15. The van der Waals surface area contributed by atoms with Crippen molar-refractivity contribution in [2.75, 3.05) is 0 Å². The minimum Gasteiger partial charge on any atom is -0.221 e. The lowest BCUT2D eigenvalue weighted by atomic mass is 10.4. The number of nitrogens with zero attached hydrogens (tertiary/aromatic N) is 2. The molecule has 0 fully saturated rings. The molecule has 2 aromatic heterocycles. The van der Waals surface area contributed by atoms with Crippen LogP contribution in [-0.2, 0) is 5.75 Å². The molecule has 0 saturated heterocycles. The van der Waals surface area contributed by atoms with Crippen molar-refractivity contribution in [2.24, 2.45) is 0 Å². The first-order valence-corrected chi connectivity index (χ1v) is 8.12. The van der Waals surface area contributed by atoms with E-state index in [1.165, 1.54) is 0 Å². The summed E-state index contributed by atoms with van der Waals surface area (Å²) in [7, 11) is 0. The molecule has 0 aliphatic heterocycles. The zero-order chi connectivity index (χ0) is 13.2. The summed E-state index contributed by atoms with van der Waals surface area (Å²) in [4.78, 5) is 10.8. The molecule has 0 unspecified atom stereocenters. The topological polar surface area (TPSA) is 25.8 Å². The Balaban J connectivity index is 1.81. The van der Waals surface area contributed by atoms with Gasteiger partial charge in [0.25, 0.3) is 0 Å². The van der Waals surface area contributed by atoms with Crippen LogP contribution in [0.5, 0.6) is 0 Å². The Morgan fingerprint density at radius 3 is 2.89 bits per heavy atom. The van der Waals surface area contributed by atoms with Crippen LogP contribution in [0.3, 0.4) is 0 Å². The molecule has 0 bridgehead atoms. The van der Waals surface area contributed by atoms with Crippen LogP contribution < -0.4 is 0 Å². The lowest BCUT2D eigenvalue weighted by molar-refractivity contribution is 1.08. The van der Waals surface area contributed by atoms with Crippen molar-refractivity contribution in [3.05, 3.63) is 51.7 Å². The number of aromatic nitrogens is 2. The molecule has 0 amide bonds. The molecule has 19 heavy (non-hydrogen) atoms. The van der Waals surface area contributed by atoms with Crippen LogP contribution in [0.4, 0.5) is 0 Å². The molecule has 0 aliphatic carbocycles. The quantitative estimate of drug-likeness (QED) is 0.483. The van der Waals surface area contributed by atoms with E-state index in [0.29, 0.717) is 10.9 Å². The van der Waals surface area contributed by atoms with E-state index in [-0.39, 0.29) is 0 Å². The molecule has 0 spiro atoms. The van der Waals surface area contributed by atoms with Crippen molar-refractivity contribution >= 4 is 56.5 Å². The van der Waals surface area contributed by atoms with Crippen LogP contribution in [-0.4, -0.2) is 9.97 Å². The van der Waals surface area contributed by atoms with Crippen molar-refractivity contribution in [2.45, 2.75) is 10.6 Å². The van der Waals surface area contributed by atoms with Gasteiger partial charge < -0.3 is 0 Å². The van der Waals surface area contributed by atoms with E-state index in [1.807, 2.05) is 35.7 Å².